The lowest BCUT2D eigenvalue weighted by Gasteiger charge is -2.28. The van der Waals surface area contributed by atoms with Gasteiger partial charge in [-0.15, -0.1) is 0 Å². The van der Waals surface area contributed by atoms with Crippen molar-refractivity contribution in [3.8, 4) is 0 Å². The van der Waals surface area contributed by atoms with Gasteiger partial charge < -0.3 is 9.47 Å². The molecule has 3 nitrogen and oxygen atoms in total. The first kappa shape index (κ1) is 9.71. The van der Waals surface area contributed by atoms with Gasteiger partial charge in [-0.2, -0.15) is 0 Å². The quantitative estimate of drug-likeness (QED) is 0.674. The van der Waals surface area contributed by atoms with E-state index < -0.39 is 0 Å². The Morgan fingerprint density at radius 2 is 1.93 bits per heavy atom. The zero-order chi connectivity index (χ0) is 10.1. The summed E-state index contributed by atoms with van der Waals surface area (Å²) in [6.07, 6.45) is 4.48. The first-order chi connectivity index (χ1) is 6.68. The normalized spacial score (nSPS) is 20.2. The molecule has 0 spiro atoms. The largest absolute Gasteiger partial charge is 0.335 e. The number of imidazole rings is 1. The molecule has 0 aliphatic carbocycles. The maximum atomic E-state index is 4.51. The first-order valence-electron chi connectivity index (χ1n) is 5.35. The van der Waals surface area contributed by atoms with Crippen LogP contribution in [0.3, 0.4) is 0 Å². The Kier molecular flexibility index (Phi) is 2.59. The number of hydrogen-bond acceptors (Lipinski definition) is 2. The highest BCUT2D eigenvalue weighted by Crippen LogP contribution is 2.26. The summed E-state index contributed by atoms with van der Waals surface area (Å²) in [7, 11) is 4.32. The van der Waals surface area contributed by atoms with Gasteiger partial charge in [0.2, 0.25) is 0 Å². The fourth-order valence-corrected chi connectivity index (χ4v) is 2.16. The van der Waals surface area contributed by atoms with E-state index in [-0.39, 0.29) is 0 Å². The number of nitrogens with zero attached hydrogens (tertiary/aromatic N) is 3. The third-order valence-corrected chi connectivity index (χ3v) is 3.34. The first-order valence-corrected chi connectivity index (χ1v) is 5.35. The van der Waals surface area contributed by atoms with Gasteiger partial charge in [0.05, 0.1) is 0 Å². The van der Waals surface area contributed by atoms with Gasteiger partial charge >= 0.3 is 0 Å². The number of aryl methyl sites for hydroxylation is 1. The molecule has 1 aromatic rings. The Hall–Kier alpha value is -0.830. The van der Waals surface area contributed by atoms with E-state index in [9.17, 15) is 0 Å². The van der Waals surface area contributed by atoms with Crippen LogP contribution in [0.2, 0.25) is 0 Å². The van der Waals surface area contributed by atoms with Crippen LogP contribution in [-0.2, 0) is 7.05 Å². The van der Waals surface area contributed by atoms with Crippen molar-refractivity contribution in [2.24, 2.45) is 7.05 Å². The SMILES string of the molecule is Cc1cnc(C2CCN(C)CC2)n1C. The monoisotopic (exact) mass is 193 g/mol. The Morgan fingerprint density at radius 1 is 1.29 bits per heavy atom. The topological polar surface area (TPSA) is 21.1 Å². The lowest BCUT2D eigenvalue weighted by molar-refractivity contribution is 0.249. The number of rotatable bonds is 1. The second-order valence-electron chi connectivity index (χ2n) is 4.39. The second kappa shape index (κ2) is 3.73. The average Bonchev–Trinajstić information content (AvgIpc) is 2.50. The minimum Gasteiger partial charge on any atom is -0.335 e. The van der Waals surface area contributed by atoms with Gasteiger partial charge in [0, 0.05) is 24.9 Å². The third-order valence-electron chi connectivity index (χ3n) is 3.34. The molecule has 0 unspecified atom stereocenters. The Labute approximate surface area is 85.7 Å². The molecule has 1 saturated heterocycles. The second-order valence-corrected chi connectivity index (χ2v) is 4.39. The van der Waals surface area contributed by atoms with E-state index in [2.05, 4.69) is 35.5 Å². The molecule has 0 saturated carbocycles. The van der Waals surface area contributed by atoms with E-state index in [0.29, 0.717) is 5.92 Å². The Bertz CT molecular complexity index is 308. The van der Waals surface area contributed by atoms with E-state index in [1.807, 2.05) is 6.20 Å². The van der Waals surface area contributed by atoms with Crippen LogP contribution in [0.25, 0.3) is 0 Å². The van der Waals surface area contributed by atoms with Gasteiger partial charge in [-0.25, -0.2) is 4.98 Å². The lowest BCUT2D eigenvalue weighted by atomic mass is 9.96. The van der Waals surface area contributed by atoms with Crippen LogP contribution >= 0.6 is 0 Å². The molecule has 1 aromatic heterocycles. The average molecular weight is 193 g/mol. The smallest absolute Gasteiger partial charge is 0.111 e. The molecule has 0 aromatic carbocycles. The molecule has 2 heterocycles. The Balaban J connectivity index is 2.12. The van der Waals surface area contributed by atoms with Crippen molar-refractivity contribution in [1.82, 2.24) is 14.5 Å². The van der Waals surface area contributed by atoms with Crippen molar-refractivity contribution in [3.63, 3.8) is 0 Å². The van der Waals surface area contributed by atoms with Crippen molar-refractivity contribution in [1.29, 1.82) is 0 Å². The fraction of sp³-hybridized carbons (Fsp3) is 0.727. The summed E-state index contributed by atoms with van der Waals surface area (Å²) in [5.41, 5.74) is 1.26. The fourth-order valence-electron chi connectivity index (χ4n) is 2.16. The molecule has 2 rings (SSSR count). The number of piperidine rings is 1. The molecule has 0 N–H and O–H groups in total. The predicted octanol–water partition coefficient (Wildman–Crippen LogP) is 1.54. The van der Waals surface area contributed by atoms with Gasteiger partial charge in [-0.3, -0.25) is 0 Å². The van der Waals surface area contributed by atoms with Gasteiger partial charge in [0.25, 0.3) is 0 Å². The highest BCUT2D eigenvalue weighted by molar-refractivity contribution is 5.08. The molecule has 0 amide bonds. The minimum atomic E-state index is 0.671. The maximum Gasteiger partial charge on any atom is 0.111 e. The third kappa shape index (κ3) is 1.69. The van der Waals surface area contributed by atoms with Gasteiger partial charge in [0.15, 0.2) is 0 Å². The van der Waals surface area contributed by atoms with E-state index in [4.69, 9.17) is 0 Å². The maximum absolute atomic E-state index is 4.51. The summed E-state index contributed by atoms with van der Waals surface area (Å²) < 4.78 is 2.23. The van der Waals surface area contributed by atoms with Crippen LogP contribution in [0.4, 0.5) is 0 Å². The van der Waals surface area contributed by atoms with Crippen LogP contribution in [0, 0.1) is 6.92 Å². The Morgan fingerprint density at radius 3 is 2.43 bits per heavy atom. The van der Waals surface area contributed by atoms with E-state index >= 15 is 0 Å². The number of hydrogen-bond donors (Lipinski definition) is 0. The highest BCUT2D eigenvalue weighted by atomic mass is 15.1. The summed E-state index contributed by atoms with van der Waals surface area (Å²) in [6.45, 7) is 4.53. The van der Waals surface area contributed by atoms with E-state index in [1.165, 1.54) is 37.4 Å². The minimum absolute atomic E-state index is 0.671. The van der Waals surface area contributed by atoms with E-state index in [1.54, 1.807) is 0 Å². The molecule has 0 bridgehead atoms. The molecule has 1 fully saturated rings. The van der Waals surface area contributed by atoms with Crippen molar-refractivity contribution >= 4 is 0 Å². The zero-order valence-corrected chi connectivity index (χ0v) is 9.32. The van der Waals surface area contributed by atoms with Crippen molar-refractivity contribution in [2.45, 2.75) is 25.7 Å². The summed E-state index contributed by atoms with van der Waals surface area (Å²) >= 11 is 0. The molecule has 0 atom stereocenters. The van der Waals surface area contributed by atoms with Crippen LogP contribution < -0.4 is 0 Å². The molecule has 78 valence electrons. The van der Waals surface area contributed by atoms with Crippen molar-refractivity contribution < 1.29 is 0 Å². The van der Waals surface area contributed by atoms with Crippen LogP contribution in [0.15, 0.2) is 6.20 Å². The standard InChI is InChI=1S/C11H19N3/c1-9-8-12-11(14(9)3)10-4-6-13(2)7-5-10/h8,10H,4-7H2,1-3H3. The van der Waals surface area contributed by atoms with Crippen LogP contribution in [0.5, 0.6) is 0 Å². The molecule has 1 aliphatic rings. The van der Waals surface area contributed by atoms with Gasteiger partial charge in [-0.05, 0) is 39.9 Å². The van der Waals surface area contributed by atoms with Crippen LogP contribution in [0.1, 0.15) is 30.3 Å². The molecule has 0 radical (unpaired) electrons. The van der Waals surface area contributed by atoms with E-state index in [0.717, 1.165) is 0 Å². The molecule has 3 heteroatoms. The summed E-state index contributed by atoms with van der Waals surface area (Å²) in [5.74, 6) is 1.94. The highest BCUT2D eigenvalue weighted by Gasteiger charge is 2.21. The summed E-state index contributed by atoms with van der Waals surface area (Å²) in [4.78, 5) is 6.90. The van der Waals surface area contributed by atoms with Gasteiger partial charge in [0.1, 0.15) is 5.82 Å². The number of aromatic nitrogens is 2. The van der Waals surface area contributed by atoms with Crippen molar-refractivity contribution in [2.75, 3.05) is 20.1 Å². The molecular formula is C11H19N3. The molecule has 1 aliphatic heterocycles. The lowest BCUT2D eigenvalue weighted by Crippen LogP contribution is -2.30. The molecular weight excluding hydrogens is 174 g/mol. The zero-order valence-electron chi connectivity index (χ0n) is 9.32. The van der Waals surface area contributed by atoms with Gasteiger partial charge in [-0.1, -0.05) is 0 Å². The number of likely N-dealkylation sites (tertiary alicyclic amines) is 1. The predicted molar refractivity (Wildman–Crippen MR) is 57.4 cm³/mol. The summed E-state index contributed by atoms with van der Waals surface area (Å²) in [6, 6.07) is 0. The molecule has 14 heavy (non-hydrogen) atoms. The summed E-state index contributed by atoms with van der Waals surface area (Å²) in [5, 5.41) is 0. The van der Waals surface area contributed by atoms with Crippen LogP contribution in [-0.4, -0.2) is 34.6 Å². The van der Waals surface area contributed by atoms with Crippen molar-refractivity contribution in [3.05, 3.63) is 17.7 Å².